The zero-order chi connectivity index (χ0) is 19.8. The van der Waals surface area contributed by atoms with Gasteiger partial charge in [0.05, 0.1) is 18.5 Å². The van der Waals surface area contributed by atoms with Gasteiger partial charge >= 0.3 is 0 Å². The van der Waals surface area contributed by atoms with E-state index >= 15 is 0 Å². The molecular weight excluding hydrogens is 376 g/mol. The predicted molar refractivity (Wildman–Crippen MR) is 108 cm³/mol. The van der Waals surface area contributed by atoms with E-state index in [9.17, 15) is 4.79 Å². The highest BCUT2D eigenvalue weighted by Crippen LogP contribution is 2.18. The van der Waals surface area contributed by atoms with Gasteiger partial charge in [0.15, 0.2) is 5.76 Å². The van der Waals surface area contributed by atoms with E-state index in [1.165, 1.54) is 17.6 Å². The van der Waals surface area contributed by atoms with Crippen molar-refractivity contribution >= 4 is 17.2 Å². The molecule has 1 aromatic carbocycles. The van der Waals surface area contributed by atoms with E-state index in [-0.39, 0.29) is 5.91 Å². The summed E-state index contributed by atoms with van der Waals surface area (Å²) in [6, 6.07) is 11.3. The van der Waals surface area contributed by atoms with Crippen LogP contribution in [0.25, 0.3) is 0 Å². The molecule has 7 heteroatoms. The zero-order valence-corrected chi connectivity index (χ0v) is 16.9. The molecule has 1 amide bonds. The number of benzene rings is 1. The molecule has 6 nitrogen and oxygen atoms in total. The van der Waals surface area contributed by atoms with E-state index in [0.29, 0.717) is 32.1 Å². The molecule has 0 atom stereocenters. The molecule has 2 aromatic heterocycles. The van der Waals surface area contributed by atoms with E-state index < -0.39 is 0 Å². The number of carbonyl (C=O) groups is 1. The van der Waals surface area contributed by atoms with Crippen molar-refractivity contribution in [1.82, 2.24) is 9.88 Å². The minimum absolute atomic E-state index is 0.147. The average molecular weight is 401 g/mol. The molecule has 2 heterocycles. The molecule has 0 aliphatic carbocycles. The Morgan fingerprint density at radius 3 is 2.93 bits per heavy atom. The lowest BCUT2D eigenvalue weighted by atomic mass is 10.2. The van der Waals surface area contributed by atoms with E-state index in [2.05, 4.69) is 4.98 Å². The summed E-state index contributed by atoms with van der Waals surface area (Å²) in [5.74, 6) is 1.01. The number of nitrogens with zero attached hydrogens (tertiary/aromatic N) is 2. The Morgan fingerprint density at radius 2 is 2.18 bits per heavy atom. The van der Waals surface area contributed by atoms with E-state index in [1.807, 2.05) is 36.6 Å². The molecular formula is C21H24N2O4S. The number of rotatable bonds is 10. The summed E-state index contributed by atoms with van der Waals surface area (Å²) in [6.07, 6.45) is 2.25. The number of hydrogen-bond donors (Lipinski definition) is 0. The summed E-state index contributed by atoms with van der Waals surface area (Å²) in [7, 11) is 1.65. The van der Waals surface area contributed by atoms with Crippen LogP contribution >= 0.6 is 11.3 Å². The number of ether oxygens (including phenoxy) is 2. The van der Waals surface area contributed by atoms with Crippen molar-refractivity contribution in [3.63, 3.8) is 0 Å². The molecule has 0 spiro atoms. The molecule has 0 radical (unpaired) electrons. The molecule has 0 unspecified atom stereocenters. The third-order valence-electron chi connectivity index (χ3n) is 4.10. The number of amides is 1. The third-order valence-corrected chi connectivity index (χ3v) is 4.97. The first-order valence-electron chi connectivity index (χ1n) is 9.10. The molecule has 0 fully saturated rings. The normalized spacial score (nSPS) is 10.8. The van der Waals surface area contributed by atoms with Gasteiger partial charge in [-0.3, -0.25) is 4.79 Å². The van der Waals surface area contributed by atoms with Crippen molar-refractivity contribution in [2.45, 2.75) is 26.5 Å². The second kappa shape index (κ2) is 10.1. The smallest absolute Gasteiger partial charge is 0.289 e. The molecule has 28 heavy (non-hydrogen) atoms. The highest BCUT2D eigenvalue weighted by molar-refractivity contribution is 7.09. The molecule has 3 rings (SSSR count). The van der Waals surface area contributed by atoms with Crippen molar-refractivity contribution in [2.75, 3.05) is 20.3 Å². The number of furan rings is 1. The molecule has 0 N–H and O–H groups in total. The van der Waals surface area contributed by atoms with Crippen molar-refractivity contribution in [3.05, 3.63) is 70.1 Å². The number of aryl methyl sites for hydroxylation is 1. The standard InChI is InChI=1S/C21H24N2O4S/c1-16-6-3-7-18(12-16)27-14-20-22-17(15-28-20)13-23(9-5-10-25-2)21(24)19-8-4-11-26-19/h3-4,6-8,11-12,15H,5,9-10,13-14H2,1-2H3. The molecule has 0 saturated carbocycles. The van der Waals surface area contributed by atoms with Gasteiger partial charge in [-0.25, -0.2) is 4.98 Å². The Bertz CT molecular complexity index is 876. The van der Waals surface area contributed by atoms with Crippen molar-refractivity contribution in [3.8, 4) is 5.75 Å². The first kappa shape index (κ1) is 20.1. The maximum absolute atomic E-state index is 12.7. The molecule has 0 saturated heterocycles. The van der Waals surface area contributed by atoms with Crippen LogP contribution in [0.1, 0.15) is 33.2 Å². The lowest BCUT2D eigenvalue weighted by Crippen LogP contribution is -2.32. The summed E-state index contributed by atoms with van der Waals surface area (Å²) in [5, 5.41) is 2.84. The fourth-order valence-corrected chi connectivity index (χ4v) is 3.44. The van der Waals surface area contributed by atoms with Crippen LogP contribution < -0.4 is 4.74 Å². The van der Waals surface area contributed by atoms with Gasteiger partial charge in [0.1, 0.15) is 17.4 Å². The van der Waals surface area contributed by atoms with Crippen LogP contribution in [0.5, 0.6) is 5.75 Å². The van der Waals surface area contributed by atoms with Crippen LogP contribution in [0.15, 0.2) is 52.5 Å². The fraction of sp³-hybridized carbons (Fsp3) is 0.333. The van der Waals surface area contributed by atoms with Gasteiger partial charge in [0.25, 0.3) is 5.91 Å². The van der Waals surface area contributed by atoms with Crippen molar-refractivity contribution < 1.29 is 18.7 Å². The number of aromatic nitrogens is 1. The summed E-state index contributed by atoms with van der Waals surface area (Å²) in [4.78, 5) is 19.0. The SMILES string of the molecule is COCCCN(Cc1csc(COc2cccc(C)c2)n1)C(=O)c1ccco1. The predicted octanol–water partition coefficient (Wildman–Crippen LogP) is 4.30. The molecule has 0 aliphatic rings. The van der Waals surface area contributed by atoms with Crippen LogP contribution in [0.4, 0.5) is 0 Å². The molecule has 0 aliphatic heterocycles. The van der Waals surface area contributed by atoms with Crippen LogP contribution in [0.3, 0.4) is 0 Å². The number of carbonyl (C=O) groups excluding carboxylic acids is 1. The van der Waals surface area contributed by atoms with Gasteiger partial charge in [-0.2, -0.15) is 0 Å². The van der Waals surface area contributed by atoms with E-state index in [1.54, 1.807) is 24.1 Å². The monoisotopic (exact) mass is 400 g/mol. The molecule has 0 bridgehead atoms. The van der Waals surface area contributed by atoms with Gasteiger partial charge < -0.3 is 18.8 Å². The largest absolute Gasteiger partial charge is 0.486 e. The lowest BCUT2D eigenvalue weighted by Gasteiger charge is -2.20. The number of thiazole rings is 1. The Hall–Kier alpha value is -2.64. The Labute approximate surface area is 168 Å². The van der Waals surface area contributed by atoms with Crippen LogP contribution in [-0.2, 0) is 17.9 Å². The van der Waals surface area contributed by atoms with E-state index in [4.69, 9.17) is 13.9 Å². The maximum atomic E-state index is 12.7. The van der Waals surface area contributed by atoms with Gasteiger partial charge in [-0.05, 0) is 43.2 Å². The summed E-state index contributed by atoms with van der Waals surface area (Å²) in [6.45, 7) is 4.02. The van der Waals surface area contributed by atoms with E-state index in [0.717, 1.165) is 28.4 Å². The van der Waals surface area contributed by atoms with Crippen molar-refractivity contribution in [2.24, 2.45) is 0 Å². The minimum Gasteiger partial charge on any atom is -0.486 e. The van der Waals surface area contributed by atoms with Crippen LogP contribution in [0.2, 0.25) is 0 Å². The second-order valence-corrected chi connectivity index (χ2v) is 7.33. The Kier molecular flexibility index (Phi) is 7.22. The van der Waals surface area contributed by atoms with Crippen molar-refractivity contribution in [1.29, 1.82) is 0 Å². The highest BCUT2D eigenvalue weighted by Gasteiger charge is 2.19. The van der Waals surface area contributed by atoms with Crippen LogP contribution in [-0.4, -0.2) is 36.1 Å². The lowest BCUT2D eigenvalue weighted by molar-refractivity contribution is 0.0689. The first-order valence-corrected chi connectivity index (χ1v) is 9.98. The number of hydrogen-bond acceptors (Lipinski definition) is 6. The second-order valence-electron chi connectivity index (χ2n) is 6.39. The Balaban J connectivity index is 1.61. The van der Waals surface area contributed by atoms with Gasteiger partial charge in [-0.15, -0.1) is 11.3 Å². The van der Waals surface area contributed by atoms with Gasteiger partial charge in [-0.1, -0.05) is 12.1 Å². The first-order chi connectivity index (χ1) is 13.7. The average Bonchev–Trinajstić information content (AvgIpc) is 3.37. The third kappa shape index (κ3) is 5.68. The van der Waals surface area contributed by atoms with Gasteiger partial charge in [0.2, 0.25) is 0 Å². The topological polar surface area (TPSA) is 64.8 Å². The quantitative estimate of drug-likeness (QED) is 0.475. The maximum Gasteiger partial charge on any atom is 0.289 e. The fourth-order valence-electron chi connectivity index (χ4n) is 2.74. The summed E-state index contributed by atoms with van der Waals surface area (Å²) in [5.41, 5.74) is 1.99. The summed E-state index contributed by atoms with van der Waals surface area (Å²) >= 11 is 1.53. The molecule has 148 valence electrons. The summed E-state index contributed by atoms with van der Waals surface area (Å²) < 4.78 is 16.2. The zero-order valence-electron chi connectivity index (χ0n) is 16.1. The minimum atomic E-state index is -0.147. The Morgan fingerprint density at radius 1 is 1.29 bits per heavy atom. The highest BCUT2D eigenvalue weighted by atomic mass is 32.1. The molecule has 3 aromatic rings. The number of methoxy groups -OCH3 is 1. The van der Waals surface area contributed by atoms with Gasteiger partial charge in [0, 0.05) is 25.6 Å². The van der Waals surface area contributed by atoms with Crippen LogP contribution in [0, 0.1) is 6.92 Å².